The van der Waals surface area contributed by atoms with Gasteiger partial charge >= 0.3 is 5.97 Å². The number of furan rings is 1. The van der Waals surface area contributed by atoms with E-state index >= 15 is 0 Å². The number of benzene rings is 1. The number of hydrogen-bond donors (Lipinski definition) is 0. The van der Waals surface area contributed by atoms with Crippen LogP contribution in [-0.4, -0.2) is 26.2 Å². The van der Waals surface area contributed by atoms with Gasteiger partial charge in [-0.05, 0) is 19.1 Å². The van der Waals surface area contributed by atoms with E-state index in [0.717, 1.165) is 16.7 Å². The van der Waals surface area contributed by atoms with Crippen molar-refractivity contribution >= 4 is 22.6 Å². The zero-order valence-corrected chi connectivity index (χ0v) is 9.97. The lowest BCUT2D eigenvalue weighted by atomic mass is 10.2. The zero-order chi connectivity index (χ0) is 12.3. The van der Waals surface area contributed by atoms with Crippen molar-refractivity contribution in [2.24, 2.45) is 0 Å². The number of carbonyl (C=O) groups is 1. The van der Waals surface area contributed by atoms with Crippen LogP contribution >= 0.6 is 0 Å². The Balaban J connectivity index is 2.19. The first kappa shape index (κ1) is 11.5. The zero-order valence-electron chi connectivity index (χ0n) is 9.97. The maximum Gasteiger partial charge on any atom is 0.325 e. The summed E-state index contributed by atoms with van der Waals surface area (Å²) in [6.07, 6.45) is 1.66. The molecule has 0 spiro atoms. The minimum Gasteiger partial charge on any atom is -0.465 e. The summed E-state index contributed by atoms with van der Waals surface area (Å²) in [7, 11) is 1.84. The highest BCUT2D eigenvalue weighted by Crippen LogP contribution is 2.27. The first-order valence-corrected chi connectivity index (χ1v) is 5.55. The topological polar surface area (TPSA) is 42.7 Å². The van der Waals surface area contributed by atoms with Gasteiger partial charge < -0.3 is 14.1 Å². The number of hydrogen-bond acceptors (Lipinski definition) is 4. The summed E-state index contributed by atoms with van der Waals surface area (Å²) in [5, 5.41) is 0.999. The van der Waals surface area contributed by atoms with Crippen LogP contribution in [-0.2, 0) is 9.53 Å². The number of ether oxygens (including phenoxy) is 1. The highest BCUT2D eigenvalue weighted by molar-refractivity contribution is 5.92. The molecule has 0 aliphatic rings. The Bertz CT molecular complexity index is 518. The molecule has 1 aromatic heterocycles. The Hall–Kier alpha value is -1.97. The van der Waals surface area contributed by atoms with E-state index in [1.54, 1.807) is 13.2 Å². The van der Waals surface area contributed by atoms with Gasteiger partial charge in [-0.1, -0.05) is 12.1 Å². The van der Waals surface area contributed by atoms with Crippen LogP contribution in [0.3, 0.4) is 0 Å². The third-order valence-corrected chi connectivity index (χ3v) is 2.54. The Labute approximate surface area is 99.8 Å². The molecule has 90 valence electrons. The van der Waals surface area contributed by atoms with Gasteiger partial charge in [0.25, 0.3) is 0 Å². The second kappa shape index (κ2) is 4.91. The number of nitrogens with zero attached hydrogens (tertiary/aromatic N) is 1. The molecule has 0 amide bonds. The van der Waals surface area contributed by atoms with E-state index in [1.165, 1.54) is 0 Å². The number of anilines is 1. The Morgan fingerprint density at radius 2 is 2.18 bits per heavy atom. The Kier molecular flexibility index (Phi) is 3.32. The monoisotopic (exact) mass is 233 g/mol. The molecule has 0 N–H and O–H groups in total. The van der Waals surface area contributed by atoms with Crippen molar-refractivity contribution in [3.05, 3.63) is 30.5 Å². The molecule has 17 heavy (non-hydrogen) atoms. The van der Waals surface area contributed by atoms with Crippen LogP contribution in [0.4, 0.5) is 5.69 Å². The molecule has 0 saturated carbocycles. The van der Waals surface area contributed by atoms with E-state index in [0.29, 0.717) is 6.61 Å². The van der Waals surface area contributed by atoms with Gasteiger partial charge in [0, 0.05) is 12.4 Å². The second-order valence-corrected chi connectivity index (χ2v) is 3.78. The Morgan fingerprint density at radius 3 is 2.94 bits per heavy atom. The van der Waals surface area contributed by atoms with E-state index in [-0.39, 0.29) is 12.5 Å². The van der Waals surface area contributed by atoms with Gasteiger partial charge in [0.05, 0.1) is 12.3 Å². The van der Waals surface area contributed by atoms with Crippen molar-refractivity contribution in [3.63, 3.8) is 0 Å². The molecule has 1 aromatic carbocycles. The van der Waals surface area contributed by atoms with E-state index in [1.807, 2.05) is 36.2 Å². The molecule has 1 heterocycles. The standard InChI is InChI=1S/C13H15NO3/c1-3-16-13(15)8-14(2)11-9-17-12-7-5-4-6-10(11)12/h4-7,9H,3,8H2,1-2H3. The van der Waals surface area contributed by atoms with Crippen molar-refractivity contribution in [2.45, 2.75) is 6.92 Å². The number of fused-ring (bicyclic) bond motifs is 1. The van der Waals surface area contributed by atoms with Crippen LogP contribution in [0, 0.1) is 0 Å². The van der Waals surface area contributed by atoms with Gasteiger partial charge in [0.2, 0.25) is 0 Å². The average molecular weight is 233 g/mol. The van der Waals surface area contributed by atoms with E-state index in [9.17, 15) is 4.79 Å². The summed E-state index contributed by atoms with van der Waals surface area (Å²) in [4.78, 5) is 13.2. The normalized spacial score (nSPS) is 10.5. The number of rotatable bonds is 4. The molecule has 4 heteroatoms. The molecule has 0 fully saturated rings. The fraction of sp³-hybridized carbons (Fsp3) is 0.308. The quantitative estimate of drug-likeness (QED) is 0.761. The van der Waals surface area contributed by atoms with Crippen molar-refractivity contribution in [1.82, 2.24) is 0 Å². The summed E-state index contributed by atoms with van der Waals surface area (Å²) in [6.45, 7) is 2.42. The first-order chi connectivity index (χ1) is 8.22. The fourth-order valence-corrected chi connectivity index (χ4v) is 1.74. The summed E-state index contributed by atoms with van der Waals surface area (Å²) < 4.78 is 10.3. The van der Waals surface area contributed by atoms with Gasteiger partial charge in [0.1, 0.15) is 18.4 Å². The van der Waals surface area contributed by atoms with Crippen LogP contribution in [0.25, 0.3) is 11.0 Å². The summed E-state index contributed by atoms with van der Waals surface area (Å²) >= 11 is 0. The predicted molar refractivity (Wildman–Crippen MR) is 66.1 cm³/mol. The van der Waals surface area contributed by atoms with Crippen molar-refractivity contribution in [2.75, 3.05) is 25.1 Å². The molecule has 0 bridgehead atoms. The van der Waals surface area contributed by atoms with E-state index in [4.69, 9.17) is 9.15 Å². The largest absolute Gasteiger partial charge is 0.465 e. The smallest absolute Gasteiger partial charge is 0.325 e. The van der Waals surface area contributed by atoms with Crippen LogP contribution in [0.15, 0.2) is 34.9 Å². The van der Waals surface area contributed by atoms with Crippen molar-refractivity contribution in [1.29, 1.82) is 0 Å². The molecule has 0 aliphatic carbocycles. The van der Waals surface area contributed by atoms with Crippen LogP contribution in [0.5, 0.6) is 0 Å². The number of carbonyl (C=O) groups excluding carboxylic acids is 1. The summed E-state index contributed by atoms with van der Waals surface area (Å²) in [6, 6.07) is 7.73. The first-order valence-electron chi connectivity index (χ1n) is 5.55. The minimum absolute atomic E-state index is 0.220. The summed E-state index contributed by atoms with van der Waals surface area (Å²) in [5.74, 6) is -0.236. The van der Waals surface area contributed by atoms with Gasteiger partial charge in [-0.25, -0.2) is 0 Å². The predicted octanol–water partition coefficient (Wildman–Crippen LogP) is 2.43. The van der Waals surface area contributed by atoms with Crippen LogP contribution in [0.2, 0.25) is 0 Å². The van der Waals surface area contributed by atoms with E-state index < -0.39 is 0 Å². The molecule has 2 rings (SSSR count). The van der Waals surface area contributed by atoms with Gasteiger partial charge in [-0.2, -0.15) is 0 Å². The van der Waals surface area contributed by atoms with Crippen molar-refractivity contribution < 1.29 is 13.9 Å². The number of likely N-dealkylation sites (N-methyl/N-ethyl adjacent to an activating group) is 1. The lowest BCUT2D eigenvalue weighted by Gasteiger charge is -2.16. The third kappa shape index (κ3) is 2.41. The molecular formula is C13H15NO3. The maximum atomic E-state index is 11.4. The maximum absolute atomic E-state index is 11.4. The SMILES string of the molecule is CCOC(=O)CN(C)c1coc2ccccc12. The van der Waals surface area contributed by atoms with Crippen molar-refractivity contribution in [3.8, 4) is 0 Å². The lowest BCUT2D eigenvalue weighted by Crippen LogP contribution is -2.26. The van der Waals surface area contributed by atoms with Gasteiger partial charge in [-0.3, -0.25) is 4.79 Å². The fourth-order valence-electron chi connectivity index (χ4n) is 1.74. The minimum atomic E-state index is -0.236. The second-order valence-electron chi connectivity index (χ2n) is 3.78. The third-order valence-electron chi connectivity index (χ3n) is 2.54. The van der Waals surface area contributed by atoms with Crippen LogP contribution in [0.1, 0.15) is 6.92 Å². The highest BCUT2D eigenvalue weighted by Gasteiger charge is 2.13. The van der Waals surface area contributed by atoms with Crippen LogP contribution < -0.4 is 4.90 Å². The Morgan fingerprint density at radius 1 is 1.41 bits per heavy atom. The molecule has 0 radical (unpaired) electrons. The summed E-state index contributed by atoms with van der Waals surface area (Å²) in [5.41, 5.74) is 1.71. The van der Waals surface area contributed by atoms with E-state index in [2.05, 4.69) is 0 Å². The average Bonchev–Trinajstić information content (AvgIpc) is 2.72. The van der Waals surface area contributed by atoms with Gasteiger partial charge in [-0.15, -0.1) is 0 Å². The molecule has 0 unspecified atom stereocenters. The molecular weight excluding hydrogens is 218 g/mol. The van der Waals surface area contributed by atoms with Gasteiger partial charge in [0.15, 0.2) is 0 Å². The lowest BCUT2D eigenvalue weighted by molar-refractivity contribution is -0.141. The molecule has 0 atom stereocenters. The highest BCUT2D eigenvalue weighted by atomic mass is 16.5. The molecule has 0 saturated heterocycles. The molecule has 4 nitrogen and oxygen atoms in total. The number of para-hydroxylation sites is 1. The molecule has 2 aromatic rings. The molecule has 0 aliphatic heterocycles. The number of esters is 1.